The highest BCUT2D eigenvalue weighted by atomic mass is 19.1. The van der Waals surface area contributed by atoms with Gasteiger partial charge in [-0.1, -0.05) is 66.7 Å². The van der Waals surface area contributed by atoms with Crippen LogP contribution >= 0.6 is 0 Å². The number of hydrogen-bond donors (Lipinski definition) is 3. The maximum atomic E-state index is 14.4. The number of halogens is 1. The Labute approximate surface area is 245 Å². The van der Waals surface area contributed by atoms with E-state index in [2.05, 4.69) is 10.6 Å². The van der Waals surface area contributed by atoms with Gasteiger partial charge < -0.3 is 25.2 Å². The van der Waals surface area contributed by atoms with Crippen LogP contribution in [-0.2, 0) is 25.5 Å². The second-order valence-electron chi connectivity index (χ2n) is 11.8. The lowest BCUT2D eigenvalue weighted by Crippen LogP contribution is -2.62. The number of rotatable bonds is 10. The molecule has 4 rings (SSSR count). The SMILES string of the molecule is C[C@@H](OC(C)(C)C)[C@H](NC(=O)OCC1c2ccccc2-c2ccccc21)C(=O)N[C@@](C)(Cc1ccccc1F)C(=O)O. The molecule has 3 aromatic carbocycles. The molecule has 2 amide bonds. The number of carboxylic acid groups (broad SMARTS) is 1. The molecule has 1 aliphatic carbocycles. The zero-order valence-corrected chi connectivity index (χ0v) is 24.4. The number of fused-ring (bicyclic) bond motifs is 3. The molecule has 0 aliphatic heterocycles. The van der Waals surface area contributed by atoms with Crippen molar-refractivity contribution in [2.24, 2.45) is 0 Å². The van der Waals surface area contributed by atoms with Crippen molar-refractivity contribution < 1.29 is 33.4 Å². The summed E-state index contributed by atoms with van der Waals surface area (Å²) in [7, 11) is 0. The van der Waals surface area contributed by atoms with Gasteiger partial charge in [-0.3, -0.25) is 4.79 Å². The van der Waals surface area contributed by atoms with E-state index >= 15 is 0 Å². The molecule has 222 valence electrons. The maximum absolute atomic E-state index is 14.4. The Morgan fingerprint density at radius 2 is 1.45 bits per heavy atom. The minimum Gasteiger partial charge on any atom is -0.480 e. The summed E-state index contributed by atoms with van der Waals surface area (Å²) in [5, 5.41) is 15.1. The van der Waals surface area contributed by atoms with Crippen molar-refractivity contribution in [2.75, 3.05) is 6.61 Å². The predicted molar refractivity (Wildman–Crippen MR) is 157 cm³/mol. The molecule has 0 fully saturated rings. The second kappa shape index (κ2) is 12.3. The van der Waals surface area contributed by atoms with Crippen LogP contribution in [-0.4, -0.2) is 53.0 Å². The lowest BCUT2D eigenvalue weighted by molar-refractivity contribution is -0.148. The number of alkyl carbamates (subject to hydrolysis) is 1. The summed E-state index contributed by atoms with van der Waals surface area (Å²) in [6, 6.07) is 20.3. The first-order chi connectivity index (χ1) is 19.8. The van der Waals surface area contributed by atoms with Crippen LogP contribution in [0, 0.1) is 5.82 Å². The highest BCUT2D eigenvalue weighted by Gasteiger charge is 2.40. The van der Waals surface area contributed by atoms with Crippen molar-refractivity contribution in [3.8, 4) is 11.1 Å². The van der Waals surface area contributed by atoms with Gasteiger partial charge in [0.1, 0.15) is 24.0 Å². The standard InChI is InChI=1S/C33H37FN2O6/c1-20(42-32(2,3)4)28(29(37)36-33(5,30(38)39)18-21-12-6-11-17-27(21)34)35-31(40)41-19-26-24-15-9-7-13-22(24)23-14-8-10-16-25(23)26/h6-17,20,26,28H,18-19H2,1-5H3,(H,35,40)(H,36,37)(H,38,39)/t20-,28+,33+/m1/s1. The Hall–Kier alpha value is -4.24. The van der Waals surface area contributed by atoms with Gasteiger partial charge in [-0.2, -0.15) is 0 Å². The molecule has 0 aromatic heterocycles. The smallest absolute Gasteiger partial charge is 0.407 e. The van der Waals surface area contributed by atoms with E-state index in [-0.39, 0.29) is 24.5 Å². The van der Waals surface area contributed by atoms with Crippen molar-refractivity contribution in [2.45, 2.75) is 70.2 Å². The zero-order valence-electron chi connectivity index (χ0n) is 24.4. The molecule has 1 aliphatic rings. The van der Waals surface area contributed by atoms with Gasteiger partial charge in [-0.05, 0) is 68.5 Å². The zero-order chi connectivity index (χ0) is 30.7. The third-order valence-corrected chi connectivity index (χ3v) is 7.28. The van der Waals surface area contributed by atoms with Gasteiger partial charge >= 0.3 is 12.1 Å². The largest absolute Gasteiger partial charge is 0.480 e. The lowest BCUT2D eigenvalue weighted by atomic mass is 9.91. The molecule has 0 radical (unpaired) electrons. The van der Waals surface area contributed by atoms with Crippen molar-refractivity contribution in [1.82, 2.24) is 10.6 Å². The molecule has 9 heteroatoms. The van der Waals surface area contributed by atoms with E-state index in [1.54, 1.807) is 33.8 Å². The molecule has 3 atom stereocenters. The van der Waals surface area contributed by atoms with Gasteiger partial charge in [0, 0.05) is 12.3 Å². The van der Waals surface area contributed by atoms with Gasteiger partial charge in [0.25, 0.3) is 0 Å². The summed E-state index contributed by atoms with van der Waals surface area (Å²) in [5.41, 5.74) is 1.81. The first-order valence-electron chi connectivity index (χ1n) is 13.9. The number of amides is 2. The van der Waals surface area contributed by atoms with Crippen LogP contribution in [0.3, 0.4) is 0 Å². The number of carbonyl (C=O) groups excluding carboxylic acids is 2. The molecule has 0 spiro atoms. The van der Waals surface area contributed by atoms with Crippen molar-refractivity contribution >= 4 is 18.0 Å². The quantitative estimate of drug-likeness (QED) is 0.296. The van der Waals surface area contributed by atoms with E-state index in [0.29, 0.717) is 0 Å². The molecule has 0 saturated carbocycles. The first kappa shape index (κ1) is 30.7. The third kappa shape index (κ3) is 6.97. The molecule has 0 heterocycles. The number of aliphatic carboxylic acids is 1. The molecule has 0 bridgehead atoms. The Bertz CT molecular complexity index is 1420. The topological polar surface area (TPSA) is 114 Å². The summed E-state index contributed by atoms with van der Waals surface area (Å²) in [6.07, 6.45) is -2.03. The van der Waals surface area contributed by atoms with Crippen LogP contribution in [0.25, 0.3) is 11.1 Å². The monoisotopic (exact) mass is 576 g/mol. The van der Waals surface area contributed by atoms with Crippen LogP contribution in [0.15, 0.2) is 72.8 Å². The number of carboxylic acids is 1. The van der Waals surface area contributed by atoms with Gasteiger partial charge in [0.15, 0.2) is 0 Å². The number of hydrogen-bond acceptors (Lipinski definition) is 5. The van der Waals surface area contributed by atoms with E-state index in [1.807, 2.05) is 48.5 Å². The molecule has 42 heavy (non-hydrogen) atoms. The van der Waals surface area contributed by atoms with Crippen LogP contribution in [0.2, 0.25) is 0 Å². The Morgan fingerprint density at radius 1 is 0.905 bits per heavy atom. The van der Waals surface area contributed by atoms with E-state index < -0.39 is 47.1 Å². The highest BCUT2D eigenvalue weighted by Crippen LogP contribution is 2.44. The fourth-order valence-electron chi connectivity index (χ4n) is 5.33. The fraction of sp³-hybridized carbons (Fsp3) is 0.364. The summed E-state index contributed by atoms with van der Waals surface area (Å²) in [6.45, 7) is 8.32. The molecule has 3 N–H and O–H groups in total. The Morgan fingerprint density at radius 3 is 2.00 bits per heavy atom. The van der Waals surface area contributed by atoms with E-state index in [9.17, 15) is 23.9 Å². The fourth-order valence-corrected chi connectivity index (χ4v) is 5.33. The molecule has 8 nitrogen and oxygen atoms in total. The molecular weight excluding hydrogens is 539 g/mol. The average Bonchev–Trinajstić information content (AvgIpc) is 3.24. The second-order valence-corrected chi connectivity index (χ2v) is 11.8. The van der Waals surface area contributed by atoms with Gasteiger partial charge in [0.05, 0.1) is 11.7 Å². The van der Waals surface area contributed by atoms with Crippen LogP contribution in [0.4, 0.5) is 9.18 Å². The van der Waals surface area contributed by atoms with Crippen molar-refractivity contribution in [3.63, 3.8) is 0 Å². The van der Waals surface area contributed by atoms with Crippen molar-refractivity contribution in [1.29, 1.82) is 0 Å². The van der Waals surface area contributed by atoms with E-state index in [4.69, 9.17) is 9.47 Å². The first-order valence-corrected chi connectivity index (χ1v) is 13.9. The Balaban J connectivity index is 1.51. The summed E-state index contributed by atoms with van der Waals surface area (Å²) >= 11 is 0. The number of benzene rings is 3. The van der Waals surface area contributed by atoms with Gasteiger partial charge in [-0.15, -0.1) is 0 Å². The maximum Gasteiger partial charge on any atom is 0.407 e. The molecule has 0 saturated heterocycles. The number of ether oxygens (including phenoxy) is 2. The molecule has 3 aromatic rings. The number of carbonyl (C=O) groups is 3. The van der Waals surface area contributed by atoms with Crippen LogP contribution in [0.1, 0.15) is 57.2 Å². The Kier molecular flexibility index (Phi) is 9.01. The highest BCUT2D eigenvalue weighted by molar-refractivity contribution is 5.91. The van der Waals surface area contributed by atoms with Crippen molar-refractivity contribution in [3.05, 3.63) is 95.3 Å². The molecular formula is C33H37FN2O6. The normalized spacial score (nSPS) is 15.5. The van der Waals surface area contributed by atoms with Gasteiger partial charge in [-0.25, -0.2) is 14.0 Å². The minimum atomic E-state index is -1.87. The van der Waals surface area contributed by atoms with E-state index in [0.717, 1.165) is 22.3 Å². The van der Waals surface area contributed by atoms with E-state index in [1.165, 1.54) is 25.1 Å². The third-order valence-electron chi connectivity index (χ3n) is 7.28. The summed E-state index contributed by atoms with van der Waals surface area (Å²) in [5.74, 6) is -2.93. The average molecular weight is 577 g/mol. The lowest BCUT2D eigenvalue weighted by Gasteiger charge is -2.33. The predicted octanol–water partition coefficient (Wildman–Crippen LogP) is 5.44. The summed E-state index contributed by atoms with van der Waals surface area (Å²) < 4.78 is 26.0. The molecule has 0 unspecified atom stereocenters. The summed E-state index contributed by atoms with van der Waals surface area (Å²) in [4.78, 5) is 39.0. The minimum absolute atomic E-state index is 0.0306. The van der Waals surface area contributed by atoms with Crippen LogP contribution < -0.4 is 10.6 Å². The van der Waals surface area contributed by atoms with Gasteiger partial charge in [0.2, 0.25) is 5.91 Å². The number of nitrogens with one attached hydrogen (secondary N) is 2. The van der Waals surface area contributed by atoms with Crippen LogP contribution in [0.5, 0.6) is 0 Å².